The summed E-state index contributed by atoms with van der Waals surface area (Å²) >= 11 is 11.7. The number of carbonyl (C=O) groups is 1. The highest BCUT2D eigenvalue weighted by Crippen LogP contribution is 2.23. The fraction of sp³-hybridized carbons (Fsp3) is 0.250. The van der Waals surface area contributed by atoms with Gasteiger partial charge in [0.15, 0.2) is 0 Å². The molecule has 5 nitrogen and oxygen atoms in total. The predicted molar refractivity (Wildman–Crippen MR) is 93.4 cm³/mol. The Morgan fingerprint density at radius 1 is 1.26 bits per heavy atom. The van der Waals surface area contributed by atoms with Gasteiger partial charge in [0.2, 0.25) is 0 Å². The molecule has 3 N–H and O–H groups in total. The van der Waals surface area contributed by atoms with Crippen molar-refractivity contribution in [3.63, 3.8) is 0 Å². The molecule has 0 fully saturated rings. The number of halogens is 2. The molecule has 1 atom stereocenters. The van der Waals surface area contributed by atoms with Crippen molar-refractivity contribution in [3.8, 4) is 0 Å². The van der Waals surface area contributed by atoms with E-state index in [9.17, 15) is 4.79 Å². The number of nitrogens with one attached hydrogen (secondary N) is 2. The minimum atomic E-state index is -0.298. The summed E-state index contributed by atoms with van der Waals surface area (Å²) in [5.41, 5.74) is 0.969. The average Bonchev–Trinajstić information content (AvgIpc) is 2.56. The number of rotatable bonds is 6. The highest BCUT2D eigenvalue weighted by Gasteiger charge is 2.09. The number of aromatic nitrogens is 1. The summed E-state index contributed by atoms with van der Waals surface area (Å²) in [6.45, 7) is 2.01. The van der Waals surface area contributed by atoms with Crippen molar-refractivity contribution in [2.75, 3.05) is 17.2 Å². The van der Waals surface area contributed by atoms with Gasteiger partial charge in [-0.3, -0.25) is 4.79 Å². The van der Waals surface area contributed by atoms with Crippen LogP contribution in [0.4, 0.5) is 11.5 Å². The van der Waals surface area contributed by atoms with Crippen molar-refractivity contribution < 1.29 is 9.90 Å². The number of carbonyl (C=O) groups excluding carboxylic acids is 1. The summed E-state index contributed by atoms with van der Waals surface area (Å²) in [4.78, 5) is 16.4. The first-order chi connectivity index (χ1) is 11.0. The molecule has 0 spiro atoms. The zero-order chi connectivity index (χ0) is 16.8. The Bertz CT molecular complexity index is 674. The number of anilines is 2. The van der Waals surface area contributed by atoms with E-state index in [0.29, 0.717) is 27.1 Å². The van der Waals surface area contributed by atoms with E-state index >= 15 is 0 Å². The van der Waals surface area contributed by atoms with Crippen molar-refractivity contribution in [1.82, 2.24) is 4.98 Å². The molecule has 0 aliphatic rings. The van der Waals surface area contributed by atoms with Crippen LogP contribution in [0.15, 0.2) is 36.5 Å². The van der Waals surface area contributed by atoms with Crippen molar-refractivity contribution >= 4 is 40.6 Å². The first-order valence-corrected chi connectivity index (χ1v) is 7.89. The maximum atomic E-state index is 12.1. The standard InChI is InChI=1S/C16H17Cl2N3O2/c1-2-11(9-22)20-15-6-4-12(8-19-15)21-16(23)10-3-5-13(17)14(18)7-10/h3-8,11,22H,2,9H2,1H3,(H,19,20)(H,21,23). The van der Waals surface area contributed by atoms with E-state index in [4.69, 9.17) is 28.3 Å². The third kappa shape index (κ3) is 4.82. The van der Waals surface area contributed by atoms with Crippen LogP contribution in [0.3, 0.4) is 0 Å². The molecule has 0 aliphatic carbocycles. The zero-order valence-electron chi connectivity index (χ0n) is 12.5. The van der Waals surface area contributed by atoms with E-state index < -0.39 is 0 Å². The SMILES string of the molecule is CCC(CO)Nc1ccc(NC(=O)c2ccc(Cl)c(Cl)c2)cn1. The number of aliphatic hydroxyl groups is 1. The number of amides is 1. The maximum absolute atomic E-state index is 12.1. The quantitative estimate of drug-likeness (QED) is 0.737. The van der Waals surface area contributed by atoms with Crippen molar-refractivity contribution in [2.45, 2.75) is 19.4 Å². The van der Waals surface area contributed by atoms with Gasteiger partial charge < -0.3 is 15.7 Å². The molecule has 0 saturated carbocycles. The first kappa shape index (κ1) is 17.5. The van der Waals surface area contributed by atoms with Crippen LogP contribution in [0, 0.1) is 0 Å². The number of hydrogen-bond donors (Lipinski definition) is 3. The van der Waals surface area contributed by atoms with Gasteiger partial charge in [-0.2, -0.15) is 0 Å². The Morgan fingerprint density at radius 2 is 2.04 bits per heavy atom. The molecule has 0 bridgehead atoms. The van der Waals surface area contributed by atoms with Gasteiger partial charge in [-0.25, -0.2) is 4.98 Å². The maximum Gasteiger partial charge on any atom is 0.255 e. The fourth-order valence-electron chi connectivity index (χ4n) is 1.88. The van der Waals surface area contributed by atoms with Crippen LogP contribution in [0.25, 0.3) is 0 Å². The lowest BCUT2D eigenvalue weighted by atomic mass is 10.2. The lowest BCUT2D eigenvalue weighted by Gasteiger charge is -2.14. The second kappa shape index (κ2) is 8.15. The summed E-state index contributed by atoms with van der Waals surface area (Å²) in [5.74, 6) is 0.339. The highest BCUT2D eigenvalue weighted by molar-refractivity contribution is 6.42. The molecule has 2 rings (SSSR count). The smallest absolute Gasteiger partial charge is 0.255 e. The number of aliphatic hydroxyl groups excluding tert-OH is 1. The lowest BCUT2D eigenvalue weighted by molar-refractivity contribution is 0.102. The Labute approximate surface area is 144 Å². The number of benzene rings is 1. The lowest BCUT2D eigenvalue weighted by Crippen LogP contribution is -2.23. The van der Waals surface area contributed by atoms with Crippen LogP contribution >= 0.6 is 23.2 Å². The Kier molecular flexibility index (Phi) is 6.21. The first-order valence-electron chi connectivity index (χ1n) is 7.13. The average molecular weight is 354 g/mol. The van der Waals surface area contributed by atoms with Crippen molar-refractivity contribution in [3.05, 3.63) is 52.1 Å². The van der Waals surface area contributed by atoms with Gasteiger partial charge in [0.25, 0.3) is 5.91 Å². The van der Waals surface area contributed by atoms with E-state index in [1.165, 1.54) is 6.07 Å². The fourth-order valence-corrected chi connectivity index (χ4v) is 2.18. The summed E-state index contributed by atoms with van der Waals surface area (Å²) in [6, 6.07) is 8.11. The van der Waals surface area contributed by atoms with Gasteiger partial charge in [-0.1, -0.05) is 30.1 Å². The highest BCUT2D eigenvalue weighted by atomic mass is 35.5. The van der Waals surface area contributed by atoms with Crippen LogP contribution in [0.1, 0.15) is 23.7 Å². The third-order valence-corrected chi connectivity index (χ3v) is 4.01. The van der Waals surface area contributed by atoms with Gasteiger partial charge >= 0.3 is 0 Å². The van der Waals surface area contributed by atoms with Crippen LogP contribution in [-0.2, 0) is 0 Å². The normalized spacial score (nSPS) is 11.8. The number of hydrogen-bond acceptors (Lipinski definition) is 4. The Morgan fingerprint density at radius 3 is 2.61 bits per heavy atom. The second-order valence-corrected chi connectivity index (χ2v) is 5.76. The molecule has 1 aromatic heterocycles. The molecular formula is C16H17Cl2N3O2. The molecule has 0 saturated heterocycles. The Balaban J connectivity index is 2.02. The summed E-state index contributed by atoms with van der Waals surface area (Å²) in [7, 11) is 0. The molecule has 122 valence electrons. The van der Waals surface area contributed by atoms with Crippen LogP contribution in [0.2, 0.25) is 10.0 Å². The monoisotopic (exact) mass is 353 g/mol. The predicted octanol–water partition coefficient (Wildman–Crippen LogP) is 3.82. The van der Waals surface area contributed by atoms with Gasteiger partial charge in [0, 0.05) is 5.56 Å². The van der Waals surface area contributed by atoms with Crippen molar-refractivity contribution in [1.29, 1.82) is 0 Å². The Hall–Kier alpha value is -1.82. The minimum Gasteiger partial charge on any atom is -0.394 e. The molecule has 0 aliphatic heterocycles. The molecule has 2 aromatic rings. The van der Waals surface area contributed by atoms with Crippen LogP contribution in [0.5, 0.6) is 0 Å². The number of pyridine rings is 1. The minimum absolute atomic E-state index is 0.0357. The summed E-state index contributed by atoms with van der Waals surface area (Å²) in [6.07, 6.45) is 2.33. The molecule has 1 heterocycles. The molecule has 1 aromatic carbocycles. The molecule has 7 heteroatoms. The molecule has 0 radical (unpaired) electrons. The molecule has 1 unspecified atom stereocenters. The van der Waals surface area contributed by atoms with E-state index in [2.05, 4.69) is 15.6 Å². The molecular weight excluding hydrogens is 337 g/mol. The van der Waals surface area contributed by atoms with Crippen molar-refractivity contribution in [2.24, 2.45) is 0 Å². The van der Waals surface area contributed by atoms with E-state index in [0.717, 1.165) is 6.42 Å². The molecule has 23 heavy (non-hydrogen) atoms. The number of nitrogens with zero attached hydrogens (tertiary/aromatic N) is 1. The van der Waals surface area contributed by atoms with Gasteiger partial charge in [-0.05, 0) is 36.8 Å². The summed E-state index contributed by atoms with van der Waals surface area (Å²) < 4.78 is 0. The second-order valence-electron chi connectivity index (χ2n) is 4.95. The molecule has 1 amide bonds. The zero-order valence-corrected chi connectivity index (χ0v) is 14.0. The summed E-state index contributed by atoms with van der Waals surface area (Å²) in [5, 5.41) is 15.7. The van der Waals surface area contributed by atoms with Gasteiger partial charge in [0.05, 0.1) is 34.6 Å². The largest absolute Gasteiger partial charge is 0.394 e. The van der Waals surface area contributed by atoms with Crippen LogP contribution < -0.4 is 10.6 Å². The van der Waals surface area contributed by atoms with Gasteiger partial charge in [0.1, 0.15) is 5.82 Å². The van der Waals surface area contributed by atoms with E-state index in [-0.39, 0.29) is 18.6 Å². The third-order valence-electron chi connectivity index (χ3n) is 3.27. The van der Waals surface area contributed by atoms with E-state index in [1.54, 1.807) is 30.5 Å². The van der Waals surface area contributed by atoms with Gasteiger partial charge in [-0.15, -0.1) is 0 Å². The van der Waals surface area contributed by atoms with E-state index in [1.807, 2.05) is 6.92 Å². The van der Waals surface area contributed by atoms with Crippen LogP contribution in [-0.4, -0.2) is 28.6 Å². The topological polar surface area (TPSA) is 74.2 Å².